The first-order valence-corrected chi connectivity index (χ1v) is 18.4. The number of amides is 1. The summed E-state index contributed by atoms with van der Waals surface area (Å²) in [5, 5.41) is 3.63. The Morgan fingerprint density at radius 1 is 1.02 bits per heavy atom. The van der Waals surface area contributed by atoms with Crippen LogP contribution in [0.5, 0.6) is 0 Å². The average molecular weight is 696 g/mol. The number of anilines is 1. The van der Waals surface area contributed by atoms with E-state index in [0.29, 0.717) is 45.4 Å². The van der Waals surface area contributed by atoms with Gasteiger partial charge < -0.3 is 19.2 Å². The summed E-state index contributed by atoms with van der Waals surface area (Å²) >= 11 is 0. The van der Waals surface area contributed by atoms with Crippen LogP contribution in [0.25, 0.3) is 55.8 Å². The van der Waals surface area contributed by atoms with Gasteiger partial charge in [0.1, 0.15) is 23.0 Å². The largest absolute Gasteiger partial charge is 0.455 e. The summed E-state index contributed by atoms with van der Waals surface area (Å²) in [7, 11) is -0.795. The van der Waals surface area contributed by atoms with Gasteiger partial charge in [0, 0.05) is 48.6 Å². The molecule has 0 saturated carbocycles. The molecule has 9 nitrogen and oxygen atoms in total. The van der Waals surface area contributed by atoms with Gasteiger partial charge in [0.25, 0.3) is 5.91 Å². The Morgan fingerprint density at radius 2 is 1.78 bits per heavy atom. The maximum Gasteiger partial charge on any atom is 0.255 e. The molecular weight excluding hydrogens is 661 g/mol. The predicted molar refractivity (Wildman–Crippen MR) is 191 cm³/mol. The van der Waals surface area contributed by atoms with Crippen LogP contribution in [0.1, 0.15) is 34.8 Å². The zero-order chi connectivity index (χ0) is 34.9. The number of fused-ring (bicyclic) bond motifs is 6. The number of carbonyl (C=O) groups excluding carboxylic acids is 1. The molecule has 0 bridgehead atoms. The number of likely N-dealkylation sites (tertiary alicyclic amines) is 1. The van der Waals surface area contributed by atoms with Gasteiger partial charge in [-0.05, 0) is 92.5 Å². The van der Waals surface area contributed by atoms with Crippen LogP contribution in [-0.2, 0) is 16.4 Å². The summed E-state index contributed by atoms with van der Waals surface area (Å²) in [6.07, 6.45) is 4.14. The number of nitrogens with one attached hydrogen (secondary N) is 1. The maximum atomic E-state index is 15.2. The number of rotatable bonds is 7. The molecule has 3 aromatic carbocycles. The highest BCUT2D eigenvalue weighted by atomic mass is 32.2. The van der Waals surface area contributed by atoms with Gasteiger partial charge in [0.05, 0.1) is 46.1 Å². The predicted octanol–water partition coefficient (Wildman–Crippen LogP) is 7.01. The van der Waals surface area contributed by atoms with Gasteiger partial charge >= 0.3 is 0 Å². The summed E-state index contributed by atoms with van der Waals surface area (Å²) in [6.45, 7) is 2.92. The minimum atomic E-state index is -3.75. The average Bonchev–Trinajstić information content (AvgIpc) is 3.85. The van der Waals surface area contributed by atoms with Crippen LogP contribution in [0.4, 0.5) is 14.5 Å². The molecule has 50 heavy (non-hydrogen) atoms. The van der Waals surface area contributed by atoms with E-state index in [1.807, 2.05) is 24.3 Å². The second-order valence-corrected chi connectivity index (χ2v) is 15.1. The van der Waals surface area contributed by atoms with E-state index in [1.54, 1.807) is 18.2 Å². The number of carbonyl (C=O) groups is 1. The minimum Gasteiger partial charge on any atom is -0.455 e. The zero-order valence-electron chi connectivity index (χ0n) is 27.8. The van der Waals surface area contributed by atoms with Crippen LogP contribution in [0, 0.1) is 11.6 Å². The molecular formula is C38H35F2N5O4S. The lowest BCUT2D eigenvalue weighted by Gasteiger charge is -2.32. The number of nitrogens with zero attached hydrogens (tertiary/aromatic N) is 4. The van der Waals surface area contributed by atoms with Crippen LogP contribution >= 0.6 is 0 Å². The van der Waals surface area contributed by atoms with E-state index in [2.05, 4.69) is 14.8 Å². The molecule has 1 saturated heterocycles. The first-order chi connectivity index (χ1) is 24.0. The molecule has 2 aliphatic rings. The highest BCUT2D eigenvalue weighted by Gasteiger charge is 2.32. The van der Waals surface area contributed by atoms with Crippen molar-refractivity contribution in [2.45, 2.75) is 25.3 Å². The Kier molecular flexibility index (Phi) is 7.76. The topological polar surface area (TPSA) is 101 Å². The summed E-state index contributed by atoms with van der Waals surface area (Å²) in [5.41, 5.74) is 5.51. The Morgan fingerprint density at radius 3 is 2.50 bits per heavy atom. The maximum absolute atomic E-state index is 15.2. The molecule has 8 rings (SSSR count). The van der Waals surface area contributed by atoms with Crippen molar-refractivity contribution >= 4 is 43.5 Å². The van der Waals surface area contributed by atoms with Crippen molar-refractivity contribution in [3.63, 3.8) is 0 Å². The Hall–Kier alpha value is -5.07. The second-order valence-electron chi connectivity index (χ2n) is 13.1. The molecule has 1 N–H and O–H groups in total. The van der Waals surface area contributed by atoms with Crippen LogP contribution in [-0.4, -0.2) is 68.8 Å². The van der Waals surface area contributed by atoms with E-state index < -0.39 is 21.7 Å². The van der Waals surface area contributed by atoms with Crippen LogP contribution in [0.2, 0.25) is 0 Å². The summed E-state index contributed by atoms with van der Waals surface area (Å²) < 4.78 is 64.6. The van der Waals surface area contributed by atoms with E-state index in [-0.39, 0.29) is 28.8 Å². The monoisotopic (exact) mass is 695 g/mol. The molecule has 5 heterocycles. The number of hydrogen-bond acceptors (Lipinski definition) is 6. The van der Waals surface area contributed by atoms with Crippen molar-refractivity contribution in [1.29, 1.82) is 0 Å². The lowest BCUT2D eigenvalue weighted by atomic mass is 9.95. The van der Waals surface area contributed by atoms with Crippen molar-refractivity contribution in [1.82, 2.24) is 19.8 Å². The summed E-state index contributed by atoms with van der Waals surface area (Å²) in [6, 6.07) is 19.9. The number of sulfonamides is 1. The normalized spacial score (nSPS) is 16.1. The molecule has 1 amide bonds. The van der Waals surface area contributed by atoms with Crippen LogP contribution < -0.4 is 9.62 Å². The minimum absolute atomic E-state index is 0.0803. The number of hydrogen-bond donors (Lipinski definition) is 1. The van der Waals surface area contributed by atoms with Gasteiger partial charge in [0.15, 0.2) is 0 Å². The third kappa shape index (κ3) is 5.34. The van der Waals surface area contributed by atoms with Crippen LogP contribution in [0.3, 0.4) is 0 Å². The van der Waals surface area contributed by atoms with Crippen LogP contribution in [0.15, 0.2) is 77.2 Å². The number of aromatic nitrogens is 2. The van der Waals surface area contributed by atoms with Crippen molar-refractivity contribution in [2.75, 3.05) is 44.3 Å². The fourth-order valence-corrected chi connectivity index (χ4v) is 8.01. The smallest absolute Gasteiger partial charge is 0.255 e. The van der Waals surface area contributed by atoms with Crippen molar-refractivity contribution in [2.24, 2.45) is 0 Å². The fourth-order valence-electron chi connectivity index (χ4n) is 7.50. The fraction of sp³-hybridized carbons (Fsp3) is 0.263. The van der Waals surface area contributed by atoms with E-state index in [0.717, 1.165) is 47.0 Å². The highest BCUT2D eigenvalue weighted by Crippen LogP contribution is 2.44. The number of benzene rings is 3. The van der Waals surface area contributed by atoms with E-state index in [1.165, 1.54) is 57.3 Å². The molecule has 12 heteroatoms. The van der Waals surface area contributed by atoms with Gasteiger partial charge in [-0.1, -0.05) is 12.1 Å². The first kappa shape index (κ1) is 32.2. The quantitative estimate of drug-likeness (QED) is 0.193. The van der Waals surface area contributed by atoms with Crippen molar-refractivity contribution in [3.8, 4) is 34.0 Å². The zero-order valence-corrected chi connectivity index (χ0v) is 28.7. The molecule has 0 spiro atoms. The molecule has 1 fully saturated rings. The Bertz CT molecular complexity index is 2430. The molecule has 6 aromatic rings. The molecule has 1 atom stereocenters. The Balaban J connectivity index is 1.34. The van der Waals surface area contributed by atoms with E-state index >= 15 is 4.39 Å². The summed E-state index contributed by atoms with van der Waals surface area (Å²) in [4.78, 5) is 21.0. The molecule has 1 unspecified atom stereocenters. The van der Waals surface area contributed by atoms with Crippen molar-refractivity contribution in [3.05, 3.63) is 95.6 Å². The summed E-state index contributed by atoms with van der Waals surface area (Å²) in [5.74, 6) is -0.942. The van der Waals surface area contributed by atoms with Gasteiger partial charge in [-0.2, -0.15) is 0 Å². The molecule has 3 aromatic heterocycles. The molecule has 0 aliphatic carbocycles. The molecule has 0 radical (unpaired) electrons. The SMILES string of the molecule is CNC(=O)c1c(-c2ccc(F)cc2)oc2cc(N(C)S(C)(=O)=O)c(-c3ccc4c(n3)-c3cc5c(F)cccc5n3C(CN3CCCC3)C4)cc12. The van der Waals surface area contributed by atoms with Gasteiger partial charge in [0.2, 0.25) is 10.0 Å². The third-order valence-electron chi connectivity index (χ3n) is 10.0. The van der Waals surface area contributed by atoms with E-state index in [4.69, 9.17) is 9.40 Å². The molecule has 2 aliphatic heterocycles. The third-order valence-corrected chi connectivity index (χ3v) is 11.2. The lowest BCUT2D eigenvalue weighted by Crippen LogP contribution is -2.32. The Labute approximate surface area is 288 Å². The van der Waals surface area contributed by atoms with Gasteiger partial charge in [-0.3, -0.25) is 9.10 Å². The lowest BCUT2D eigenvalue weighted by molar-refractivity contribution is 0.0964. The van der Waals surface area contributed by atoms with E-state index in [9.17, 15) is 17.6 Å². The van der Waals surface area contributed by atoms with Crippen molar-refractivity contribution < 1.29 is 26.4 Å². The van der Waals surface area contributed by atoms with Gasteiger partial charge in [-0.25, -0.2) is 22.2 Å². The number of furan rings is 1. The number of pyridine rings is 1. The number of halogens is 2. The standard InChI is InChI=1S/C38H35F2N5O4S/c1-41-38(46)35-28-18-27(32(43(2)50(3,47)48)20-34(28)49-37(35)22-9-12-24(39)13-10-22)30-14-11-23-17-25(21-44-15-4-5-16-44)45-31-8-6-7-29(40)26(31)19-33(45)36(23)42-30/h6-14,18-20,25H,4-5,15-17,21H2,1-3H3,(H,41,46). The first-order valence-electron chi connectivity index (χ1n) is 16.6. The van der Waals surface area contributed by atoms with Gasteiger partial charge in [-0.15, -0.1) is 0 Å². The molecule has 256 valence electrons. The highest BCUT2D eigenvalue weighted by molar-refractivity contribution is 7.92. The second kappa shape index (κ2) is 12.1.